The summed E-state index contributed by atoms with van der Waals surface area (Å²) >= 11 is 0. The molecule has 0 fully saturated rings. The van der Waals surface area contributed by atoms with E-state index in [1.54, 1.807) is 7.11 Å². The maximum Gasteiger partial charge on any atom is 0.305 e. The lowest BCUT2D eigenvalue weighted by atomic mass is 9.96. The zero-order chi connectivity index (χ0) is 12.0. The minimum absolute atomic E-state index is 0.152. The van der Waals surface area contributed by atoms with Crippen molar-refractivity contribution in [2.45, 2.75) is 25.7 Å². The van der Waals surface area contributed by atoms with Gasteiger partial charge < -0.3 is 9.47 Å². The van der Waals surface area contributed by atoms with Gasteiger partial charge in [-0.3, -0.25) is 4.79 Å². The van der Waals surface area contributed by atoms with Gasteiger partial charge in [-0.15, -0.1) is 0 Å². The van der Waals surface area contributed by atoms with Crippen molar-refractivity contribution in [2.24, 2.45) is 0 Å². The van der Waals surface area contributed by atoms with Gasteiger partial charge >= 0.3 is 5.97 Å². The molecule has 0 aliphatic rings. The number of carbonyl (C=O) groups is 1. The summed E-state index contributed by atoms with van der Waals surface area (Å²) in [6.07, 6.45) is 1.27. The minimum atomic E-state index is -0.152. The molecule has 88 valence electrons. The lowest BCUT2D eigenvalue weighted by molar-refractivity contribution is -0.140. The molecule has 1 rings (SSSR count). The number of carbonyl (C=O) groups excluding carboxylic acids is 1. The maximum absolute atomic E-state index is 11.0. The highest BCUT2D eigenvalue weighted by atomic mass is 16.5. The van der Waals surface area contributed by atoms with Crippen molar-refractivity contribution in [1.29, 1.82) is 0 Å². The molecule has 3 heteroatoms. The van der Waals surface area contributed by atoms with Gasteiger partial charge in [0, 0.05) is 6.42 Å². The Balaban J connectivity index is 2.52. The van der Waals surface area contributed by atoms with Crippen LogP contribution in [0.5, 0.6) is 5.75 Å². The highest BCUT2D eigenvalue weighted by molar-refractivity contribution is 5.69. The summed E-state index contributed by atoms with van der Waals surface area (Å²) in [5.74, 6) is 1.05. The van der Waals surface area contributed by atoms with Gasteiger partial charge in [0.1, 0.15) is 5.75 Å². The molecule has 0 unspecified atom stereocenters. The number of ether oxygens (including phenoxy) is 2. The summed E-state index contributed by atoms with van der Waals surface area (Å²) in [5, 5.41) is 0. The molecule has 0 radical (unpaired) electrons. The van der Waals surface area contributed by atoms with Crippen molar-refractivity contribution >= 4 is 5.97 Å². The number of esters is 1. The fourth-order valence-electron chi connectivity index (χ4n) is 1.54. The Morgan fingerprint density at radius 1 is 1.25 bits per heavy atom. The van der Waals surface area contributed by atoms with E-state index in [-0.39, 0.29) is 5.97 Å². The molecule has 0 aliphatic heterocycles. The van der Waals surface area contributed by atoms with Crippen molar-refractivity contribution in [3.8, 4) is 5.75 Å². The Morgan fingerprint density at radius 2 is 1.88 bits per heavy atom. The van der Waals surface area contributed by atoms with Crippen LogP contribution in [0.25, 0.3) is 0 Å². The van der Waals surface area contributed by atoms with E-state index in [2.05, 4.69) is 11.7 Å². The van der Waals surface area contributed by atoms with Crippen LogP contribution in [0.4, 0.5) is 0 Å². The molecule has 0 aromatic heterocycles. The first-order chi connectivity index (χ1) is 7.67. The Kier molecular flexibility index (Phi) is 4.83. The molecule has 0 heterocycles. The van der Waals surface area contributed by atoms with E-state index in [1.165, 1.54) is 12.7 Å². The zero-order valence-corrected chi connectivity index (χ0v) is 10.0. The molecule has 16 heavy (non-hydrogen) atoms. The van der Waals surface area contributed by atoms with Crippen molar-refractivity contribution in [2.75, 3.05) is 14.2 Å². The third-order valence-corrected chi connectivity index (χ3v) is 2.69. The van der Waals surface area contributed by atoms with Gasteiger partial charge in [0.15, 0.2) is 0 Å². The zero-order valence-electron chi connectivity index (χ0n) is 10.0. The van der Waals surface area contributed by atoms with Crippen molar-refractivity contribution < 1.29 is 14.3 Å². The van der Waals surface area contributed by atoms with Crippen LogP contribution in [0.1, 0.15) is 31.2 Å². The summed E-state index contributed by atoms with van der Waals surface area (Å²) in [4.78, 5) is 11.0. The Morgan fingerprint density at radius 3 is 2.38 bits per heavy atom. The van der Waals surface area contributed by atoms with Crippen molar-refractivity contribution in [3.63, 3.8) is 0 Å². The Hall–Kier alpha value is -1.51. The monoisotopic (exact) mass is 222 g/mol. The molecule has 0 spiro atoms. The molecule has 0 bridgehead atoms. The molecule has 0 saturated heterocycles. The molecule has 0 aliphatic carbocycles. The number of benzene rings is 1. The highest BCUT2D eigenvalue weighted by Gasteiger charge is 2.08. The topological polar surface area (TPSA) is 35.5 Å². The largest absolute Gasteiger partial charge is 0.497 e. The Bertz CT molecular complexity index is 330. The SMILES string of the molecule is COC(=O)CC[C@@H](C)c1ccc(OC)cc1. The van der Waals surface area contributed by atoms with E-state index in [4.69, 9.17) is 4.74 Å². The summed E-state index contributed by atoms with van der Waals surface area (Å²) < 4.78 is 9.70. The van der Waals surface area contributed by atoms with Crippen molar-refractivity contribution in [1.82, 2.24) is 0 Å². The summed E-state index contributed by atoms with van der Waals surface area (Å²) in [5.41, 5.74) is 1.21. The minimum Gasteiger partial charge on any atom is -0.497 e. The molecular formula is C13H18O3. The first-order valence-corrected chi connectivity index (χ1v) is 5.38. The number of hydrogen-bond acceptors (Lipinski definition) is 3. The van der Waals surface area contributed by atoms with Gasteiger partial charge in [-0.05, 0) is 30.0 Å². The molecular weight excluding hydrogens is 204 g/mol. The van der Waals surface area contributed by atoms with E-state index < -0.39 is 0 Å². The van der Waals surface area contributed by atoms with E-state index in [0.29, 0.717) is 12.3 Å². The quantitative estimate of drug-likeness (QED) is 0.719. The highest BCUT2D eigenvalue weighted by Crippen LogP contribution is 2.22. The fourth-order valence-corrected chi connectivity index (χ4v) is 1.54. The molecule has 0 saturated carbocycles. The second-order valence-electron chi connectivity index (χ2n) is 3.79. The van der Waals surface area contributed by atoms with Crippen LogP contribution in [-0.2, 0) is 9.53 Å². The first kappa shape index (κ1) is 12.6. The lowest BCUT2D eigenvalue weighted by Gasteiger charge is -2.11. The predicted molar refractivity (Wildman–Crippen MR) is 62.7 cm³/mol. The van der Waals surface area contributed by atoms with Gasteiger partial charge in [0.25, 0.3) is 0 Å². The van der Waals surface area contributed by atoms with Gasteiger partial charge in [0.05, 0.1) is 14.2 Å². The van der Waals surface area contributed by atoms with E-state index in [9.17, 15) is 4.79 Å². The normalized spacial score (nSPS) is 11.9. The number of methoxy groups -OCH3 is 2. The molecule has 3 nitrogen and oxygen atoms in total. The van der Waals surface area contributed by atoms with E-state index in [0.717, 1.165) is 12.2 Å². The number of hydrogen-bond donors (Lipinski definition) is 0. The van der Waals surface area contributed by atoms with Gasteiger partial charge in [-0.2, -0.15) is 0 Å². The van der Waals surface area contributed by atoms with Gasteiger partial charge in [-0.1, -0.05) is 19.1 Å². The molecule has 0 N–H and O–H groups in total. The fraction of sp³-hybridized carbons (Fsp3) is 0.462. The van der Waals surface area contributed by atoms with Crippen LogP contribution in [0.2, 0.25) is 0 Å². The first-order valence-electron chi connectivity index (χ1n) is 5.38. The molecule has 0 amide bonds. The van der Waals surface area contributed by atoms with Crippen molar-refractivity contribution in [3.05, 3.63) is 29.8 Å². The van der Waals surface area contributed by atoms with Crippen LogP contribution in [0.3, 0.4) is 0 Å². The van der Waals surface area contributed by atoms with E-state index >= 15 is 0 Å². The second kappa shape index (κ2) is 6.16. The van der Waals surface area contributed by atoms with Crippen LogP contribution in [-0.4, -0.2) is 20.2 Å². The summed E-state index contributed by atoms with van der Waals surface area (Å²) in [6.45, 7) is 2.10. The van der Waals surface area contributed by atoms with Crippen LogP contribution in [0.15, 0.2) is 24.3 Å². The molecule has 1 aromatic carbocycles. The summed E-state index contributed by atoms with van der Waals surface area (Å²) in [6, 6.07) is 7.93. The summed E-state index contributed by atoms with van der Waals surface area (Å²) in [7, 11) is 3.07. The second-order valence-corrected chi connectivity index (χ2v) is 3.79. The maximum atomic E-state index is 11.0. The average molecular weight is 222 g/mol. The van der Waals surface area contributed by atoms with Crippen LogP contribution in [0, 0.1) is 0 Å². The average Bonchev–Trinajstić information content (AvgIpc) is 2.35. The van der Waals surface area contributed by atoms with Crippen LogP contribution >= 0.6 is 0 Å². The van der Waals surface area contributed by atoms with Gasteiger partial charge in [0.2, 0.25) is 0 Å². The molecule has 1 atom stereocenters. The number of rotatable bonds is 5. The molecule has 1 aromatic rings. The van der Waals surface area contributed by atoms with Crippen LogP contribution < -0.4 is 4.74 Å². The predicted octanol–water partition coefficient (Wildman–Crippen LogP) is 2.75. The third-order valence-electron chi connectivity index (χ3n) is 2.69. The standard InChI is InChI=1S/C13H18O3/c1-10(4-9-13(14)16-3)11-5-7-12(15-2)8-6-11/h5-8,10H,4,9H2,1-3H3/t10-/m1/s1. The lowest BCUT2D eigenvalue weighted by Crippen LogP contribution is -2.03. The van der Waals surface area contributed by atoms with Gasteiger partial charge in [-0.25, -0.2) is 0 Å². The third kappa shape index (κ3) is 3.57. The Labute approximate surface area is 96.4 Å². The smallest absolute Gasteiger partial charge is 0.305 e. The van der Waals surface area contributed by atoms with E-state index in [1.807, 2.05) is 24.3 Å².